The Morgan fingerprint density at radius 2 is 1.70 bits per heavy atom. The molecule has 0 unspecified atom stereocenters. The second-order valence-corrected chi connectivity index (χ2v) is 5.07. The van der Waals surface area contributed by atoms with Crippen LogP contribution in [0.15, 0.2) is 36.4 Å². The summed E-state index contributed by atoms with van der Waals surface area (Å²) < 4.78 is 28.3. The van der Waals surface area contributed by atoms with Gasteiger partial charge >= 0.3 is 0 Å². The Labute approximate surface area is 116 Å². The Morgan fingerprint density at radius 1 is 1.00 bits per heavy atom. The Balaban J connectivity index is 2.15. The van der Waals surface area contributed by atoms with E-state index in [1.807, 2.05) is 24.3 Å². The normalized spacial score (nSPS) is 14.8. The van der Waals surface area contributed by atoms with E-state index in [0.717, 1.165) is 30.5 Å². The maximum absolute atomic E-state index is 14.2. The molecule has 0 saturated carbocycles. The topological polar surface area (TPSA) is 29.3 Å². The van der Waals surface area contributed by atoms with E-state index in [2.05, 4.69) is 0 Å². The molecule has 20 heavy (non-hydrogen) atoms. The Kier molecular flexibility index (Phi) is 3.30. The zero-order valence-corrected chi connectivity index (χ0v) is 11.1. The van der Waals surface area contributed by atoms with Gasteiger partial charge in [0.2, 0.25) is 0 Å². The number of para-hydroxylation sites is 1. The number of hydrogen-bond acceptors (Lipinski definition) is 2. The zero-order valence-electron chi connectivity index (χ0n) is 11.1. The molecule has 1 aliphatic rings. The summed E-state index contributed by atoms with van der Waals surface area (Å²) in [7, 11) is 0. The summed E-state index contributed by atoms with van der Waals surface area (Å²) in [5, 5.41) is 0. The monoisotopic (exact) mass is 274 g/mol. The minimum atomic E-state index is -0.612. The number of hydrogen-bond donors (Lipinski definition) is 1. The van der Waals surface area contributed by atoms with Crippen LogP contribution in [-0.2, 0) is 6.42 Å². The van der Waals surface area contributed by atoms with Crippen LogP contribution in [0, 0.1) is 11.6 Å². The van der Waals surface area contributed by atoms with Crippen molar-refractivity contribution in [2.75, 3.05) is 17.2 Å². The molecule has 0 amide bonds. The molecule has 0 radical (unpaired) electrons. The zero-order chi connectivity index (χ0) is 14.1. The van der Waals surface area contributed by atoms with Crippen LogP contribution >= 0.6 is 0 Å². The molecule has 2 N–H and O–H groups in total. The predicted octanol–water partition coefficient (Wildman–Crippen LogP) is 4.02. The van der Waals surface area contributed by atoms with Gasteiger partial charge in [-0.2, -0.15) is 0 Å². The number of halogens is 2. The highest BCUT2D eigenvalue weighted by atomic mass is 19.1. The van der Waals surface area contributed by atoms with Crippen molar-refractivity contribution in [3.05, 3.63) is 53.6 Å². The number of fused-ring (bicyclic) bond motifs is 1. The van der Waals surface area contributed by atoms with Gasteiger partial charge in [0, 0.05) is 17.9 Å². The minimum absolute atomic E-state index is 0.00597. The van der Waals surface area contributed by atoms with Crippen LogP contribution in [0.2, 0.25) is 0 Å². The van der Waals surface area contributed by atoms with Gasteiger partial charge in [-0.15, -0.1) is 0 Å². The molecule has 2 aromatic rings. The van der Waals surface area contributed by atoms with E-state index in [4.69, 9.17) is 5.73 Å². The Morgan fingerprint density at radius 3 is 2.45 bits per heavy atom. The van der Waals surface area contributed by atoms with Crippen LogP contribution in [0.25, 0.3) is 0 Å². The molecular formula is C16H16F2N2. The lowest BCUT2D eigenvalue weighted by Crippen LogP contribution is -2.20. The lowest BCUT2D eigenvalue weighted by Gasteiger charge is -2.26. The van der Waals surface area contributed by atoms with Crippen molar-refractivity contribution in [3.63, 3.8) is 0 Å². The molecular weight excluding hydrogens is 258 g/mol. The third kappa shape index (κ3) is 2.22. The number of anilines is 3. The molecule has 4 heteroatoms. The van der Waals surface area contributed by atoms with Gasteiger partial charge in [-0.3, -0.25) is 0 Å². The van der Waals surface area contributed by atoms with Gasteiger partial charge in [-0.05, 0) is 43.0 Å². The third-order valence-electron chi connectivity index (χ3n) is 3.67. The second kappa shape index (κ2) is 5.12. The standard InChI is InChI=1S/C16H16F2N2/c17-13-9-12(19)10-14(18)16(13)20-8-4-3-6-11-5-1-2-7-15(11)20/h1-2,5,7,9-10H,3-4,6,8,19H2. The van der Waals surface area contributed by atoms with Crippen LogP contribution in [0.3, 0.4) is 0 Å². The number of nitrogens with two attached hydrogens (primary N) is 1. The lowest BCUT2D eigenvalue weighted by molar-refractivity contribution is 0.580. The number of nitrogen functional groups attached to an aromatic ring is 1. The molecule has 0 aromatic heterocycles. The van der Waals surface area contributed by atoms with Gasteiger partial charge in [0.15, 0.2) is 11.6 Å². The van der Waals surface area contributed by atoms with Gasteiger partial charge < -0.3 is 10.6 Å². The molecule has 0 bridgehead atoms. The van der Waals surface area contributed by atoms with Gasteiger partial charge in [0.1, 0.15) is 5.69 Å². The first-order valence-electron chi connectivity index (χ1n) is 6.77. The van der Waals surface area contributed by atoms with Gasteiger partial charge in [-0.1, -0.05) is 18.2 Å². The van der Waals surface area contributed by atoms with E-state index >= 15 is 0 Å². The molecule has 1 heterocycles. The Bertz CT molecular complexity index is 617. The van der Waals surface area contributed by atoms with Crippen LogP contribution in [0.1, 0.15) is 18.4 Å². The second-order valence-electron chi connectivity index (χ2n) is 5.07. The summed E-state index contributed by atoms with van der Waals surface area (Å²) in [6, 6.07) is 10.1. The van der Waals surface area contributed by atoms with Crippen molar-refractivity contribution in [1.29, 1.82) is 0 Å². The average molecular weight is 274 g/mol. The number of aryl methyl sites for hydroxylation is 1. The first-order chi connectivity index (χ1) is 9.66. The fourth-order valence-electron chi connectivity index (χ4n) is 2.77. The molecule has 104 valence electrons. The fourth-order valence-corrected chi connectivity index (χ4v) is 2.77. The molecule has 0 saturated heterocycles. The molecule has 0 spiro atoms. The molecule has 0 fully saturated rings. The summed E-state index contributed by atoms with van der Waals surface area (Å²) in [5.74, 6) is -1.22. The molecule has 0 atom stereocenters. The van der Waals surface area contributed by atoms with Crippen molar-refractivity contribution >= 4 is 17.1 Å². The van der Waals surface area contributed by atoms with E-state index in [1.165, 1.54) is 12.1 Å². The maximum Gasteiger partial charge on any atom is 0.151 e. The highest BCUT2D eigenvalue weighted by molar-refractivity contribution is 5.69. The average Bonchev–Trinajstić information content (AvgIpc) is 2.61. The van der Waals surface area contributed by atoms with E-state index in [0.29, 0.717) is 6.54 Å². The van der Waals surface area contributed by atoms with Crippen molar-refractivity contribution in [3.8, 4) is 0 Å². The van der Waals surface area contributed by atoms with Gasteiger partial charge in [-0.25, -0.2) is 8.78 Å². The van der Waals surface area contributed by atoms with Crippen LogP contribution in [0.5, 0.6) is 0 Å². The maximum atomic E-state index is 14.2. The summed E-state index contributed by atoms with van der Waals surface area (Å²) in [4.78, 5) is 1.73. The smallest absolute Gasteiger partial charge is 0.151 e. The van der Waals surface area contributed by atoms with Crippen molar-refractivity contribution in [1.82, 2.24) is 0 Å². The largest absolute Gasteiger partial charge is 0.399 e. The minimum Gasteiger partial charge on any atom is -0.399 e. The number of benzene rings is 2. The first kappa shape index (κ1) is 12.9. The summed E-state index contributed by atoms with van der Waals surface area (Å²) >= 11 is 0. The molecule has 2 nitrogen and oxygen atoms in total. The van der Waals surface area contributed by atoms with Gasteiger partial charge in [0.05, 0.1) is 0 Å². The fraction of sp³-hybridized carbons (Fsp3) is 0.250. The highest BCUT2D eigenvalue weighted by Crippen LogP contribution is 2.36. The molecule has 2 aromatic carbocycles. The Hall–Kier alpha value is -2.10. The van der Waals surface area contributed by atoms with Crippen LogP contribution < -0.4 is 10.6 Å². The number of nitrogens with zero attached hydrogens (tertiary/aromatic N) is 1. The quantitative estimate of drug-likeness (QED) is 0.796. The summed E-state index contributed by atoms with van der Waals surface area (Å²) in [6.07, 6.45) is 2.86. The highest BCUT2D eigenvalue weighted by Gasteiger charge is 2.22. The van der Waals surface area contributed by atoms with Crippen molar-refractivity contribution in [2.45, 2.75) is 19.3 Å². The first-order valence-corrected chi connectivity index (χ1v) is 6.77. The SMILES string of the molecule is Nc1cc(F)c(N2CCCCc3ccccc32)c(F)c1. The predicted molar refractivity (Wildman–Crippen MR) is 77.2 cm³/mol. The van der Waals surface area contributed by atoms with E-state index in [9.17, 15) is 8.78 Å². The summed E-state index contributed by atoms with van der Waals surface area (Å²) in [6.45, 7) is 0.606. The van der Waals surface area contributed by atoms with Crippen LogP contribution in [0.4, 0.5) is 25.8 Å². The lowest BCUT2D eigenvalue weighted by atomic mass is 10.1. The van der Waals surface area contributed by atoms with E-state index < -0.39 is 11.6 Å². The van der Waals surface area contributed by atoms with Crippen molar-refractivity contribution in [2.24, 2.45) is 0 Å². The van der Waals surface area contributed by atoms with Gasteiger partial charge in [0.25, 0.3) is 0 Å². The van der Waals surface area contributed by atoms with E-state index in [-0.39, 0.29) is 11.4 Å². The van der Waals surface area contributed by atoms with Crippen LogP contribution in [-0.4, -0.2) is 6.54 Å². The third-order valence-corrected chi connectivity index (χ3v) is 3.67. The van der Waals surface area contributed by atoms with E-state index in [1.54, 1.807) is 4.90 Å². The van der Waals surface area contributed by atoms with Crippen molar-refractivity contribution < 1.29 is 8.78 Å². The number of rotatable bonds is 1. The molecule has 1 aliphatic heterocycles. The summed E-state index contributed by atoms with van der Waals surface area (Å²) in [5.41, 5.74) is 7.59. The molecule has 3 rings (SSSR count). The molecule has 0 aliphatic carbocycles.